The number of para-hydroxylation sites is 1. The quantitative estimate of drug-likeness (QED) is 0.151. The number of amides is 3. The zero-order valence-electron chi connectivity index (χ0n) is 27.9. The number of anilines is 1. The number of fused-ring (bicyclic) bond motifs is 1. The average Bonchev–Trinajstić information content (AvgIpc) is 3.20. The normalized spacial score (nSPS) is 15.8. The predicted octanol–water partition coefficient (Wildman–Crippen LogP) is 7.54. The monoisotopic (exact) mass is 680 g/mol. The average molecular weight is 681 g/mol. The van der Waals surface area contributed by atoms with Crippen LogP contribution in [0.1, 0.15) is 48.9 Å². The van der Waals surface area contributed by atoms with Crippen LogP contribution < -0.4 is 16.0 Å². The summed E-state index contributed by atoms with van der Waals surface area (Å²) in [6.45, 7) is 7.68. The van der Waals surface area contributed by atoms with E-state index >= 15 is 0 Å². The molecule has 3 amide bonds. The second kappa shape index (κ2) is 15.4. The highest BCUT2D eigenvalue weighted by molar-refractivity contribution is 6.20. The lowest BCUT2D eigenvalue weighted by molar-refractivity contribution is -0.137. The molecule has 0 bridgehead atoms. The van der Waals surface area contributed by atoms with Crippen LogP contribution in [0.25, 0.3) is 11.1 Å². The molecule has 1 heterocycles. The lowest BCUT2D eigenvalue weighted by atomic mass is 9.82. The molecule has 0 fully saturated rings. The van der Waals surface area contributed by atoms with Crippen molar-refractivity contribution in [3.63, 3.8) is 0 Å². The molecule has 258 valence electrons. The Morgan fingerprint density at radius 3 is 2.20 bits per heavy atom. The number of alkyl halides is 3. The third kappa shape index (κ3) is 8.19. The molecule has 1 aliphatic rings. The van der Waals surface area contributed by atoms with E-state index in [1.54, 1.807) is 23.1 Å². The Morgan fingerprint density at radius 2 is 1.56 bits per heavy atom. The fourth-order valence-corrected chi connectivity index (χ4v) is 6.26. The third-order valence-electron chi connectivity index (χ3n) is 8.68. The minimum atomic E-state index is -4.45. The number of hydrogen-bond donors (Lipinski definition) is 2. The van der Waals surface area contributed by atoms with Gasteiger partial charge in [-0.1, -0.05) is 98.8 Å². The third-order valence-corrected chi connectivity index (χ3v) is 8.68. The van der Waals surface area contributed by atoms with Crippen molar-refractivity contribution >= 4 is 29.1 Å². The highest BCUT2D eigenvalue weighted by atomic mass is 19.4. The van der Waals surface area contributed by atoms with E-state index in [2.05, 4.69) is 11.9 Å². The van der Waals surface area contributed by atoms with Gasteiger partial charge in [-0.25, -0.2) is 4.99 Å². The van der Waals surface area contributed by atoms with Crippen LogP contribution >= 0.6 is 0 Å². The van der Waals surface area contributed by atoms with E-state index in [1.165, 1.54) is 12.1 Å². The number of nitrogens with two attached hydrogens (primary N) is 1. The number of benzene rings is 4. The van der Waals surface area contributed by atoms with Crippen molar-refractivity contribution in [1.82, 2.24) is 5.32 Å². The van der Waals surface area contributed by atoms with Crippen molar-refractivity contribution in [3.05, 3.63) is 138 Å². The minimum Gasteiger partial charge on any atom is -0.369 e. The molecule has 0 aromatic heterocycles. The van der Waals surface area contributed by atoms with E-state index in [1.807, 2.05) is 80.6 Å². The van der Waals surface area contributed by atoms with Crippen LogP contribution in [0.15, 0.2) is 121 Å². The van der Waals surface area contributed by atoms with Crippen LogP contribution in [-0.2, 0) is 27.1 Å². The number of aliphatic imine (C=N–C) groups is 1. The molecule has 3 N–H and O–H groups in total. The second-order valence-electron chi connectivity index (χ2n) is 12.7. The number of nitrogens with zero attached hydrogens (tertiary/aromatic N) is 2. The fourth-order valence-electron chi connectivity index (χ4n) is 6.26. The smallest absolute Gasteiger partial charge is 0.369 e. The summed E-state index contributed by atoms with van der Waals surface area (Å²) in [7, 11) is 0. The highest BCUT2D eigenvalue weighted by Gasteiger charge is 2.38. The van der Waals surface area contributed by atoms with Gasteiger partial charge in [0.25, 0.3) is 5.91 Å². The van der Waals surface area contributed by atoms with E-state index in [-0.39, 0.29) is 18.9 Å². The van der Waals surface area contributed by atoms with Crippen LogP contribution in [0.2, 0.25) is 0 Å². The van der Waals surface area contributed by atoms with Gasteiger partial charge < -0.3 is 16.0 Å². The minimum absolute atomic E-state index is 0.0447. The molecule has 50 heavy (non-hydrogen) atoms. The van der Waals surface area contributed by atoms with Crippen molar-refractivity contribution < 1.29 is 27.6 Å². The van der Waals surface area contributed by atoms with E-state index in [0.29, 0.717) is 40.1 Å². The zero-order chi connectivity index (χ0) is 36.0. The summed E-state index contributed by atoms with van der Waals surface area (Å²) < 4.78 is 39.6. The molecule has 0 saturated carbocycles. The van der Waals surface area contributed by atoms with Gasteiger partial charge in [-0.15, -0.1) is 6.58 Å². The van der Waals surface area contributed by atoms with Crippen molar-refractivity contribution in [3.8, 4) is 11.1 Å². The maximum absolute atomic E-state index is 14.6. The van der Waals surface area contributed by atoms with Crippen LogP contribution in [0.3, 0.4) is 0 Å². The van der Waals surface area contributed by atoms with Gasteiger partial charge >= 0.3 is 6.18 Å². The Bertz CT molecular complexity index is 1890. The number of hydrogen-bond acceptors (Lipinski definition) is 4. The fraction of sp³-hybridized carbons (Fsp3) is 0.250. The van der Waals surface area contributed by atoms with Gasteiger partial charge in [-0.05, 0) is 59.7 Å². The predicted molar refractivity (Wildman–Crippen MR) is 189 cm³/mol. The molecular weight excluding hydrogens is 641 g/mol. The molecule has 4 aromatic rings. The standard InChI is InChI=1S/C40H39F3N4O3/c1-4-11-31(36(44)48)33(22-25(2)3)38(49)46-37-39(50)47(34-17-9-8-16-32(34)35(45-37)28-13-6-5-7-14-28)24-26-12-10-15-29(23-26)27-18-20-30(21-19-27)40(41,42)43/h4-10,12-21,23,25,31,33,37H,1,11,22,24H2,2-3H3,(H2,44,48)(H,46,49)/t31-,33+,37?/m0/s1. The zero-order valence-corrected chi connectivity index (χ0v) is 27.9. The SMILES string of the molecule is C=CC[C@H](C(N)=O)[C@@H](CC(C)C)C(=O)NC1N=C(c2ccccc2)c2ccccc2N(Cc2cccc(-c3ccc(C(F)(F)F)cc3)c2)C1=O. The van der Waals surface area contributed by atoms with E-state index in [4.69, 9.17) is 10.7 Å². The van der Waals surface area contributed by atoms with Gasteiger partial charge in [0.15, 0.2) is 0 Å². The van der Waals surface area contributed by atoms with Gasteiger partial charge in [0.2, 0.25) is 18.0 Å². The van der Waals surface area contributed by atoms with E-state index in [0.717, 1.165) is 17.7 Å². The Balaban J connectivity index is 1.56. The number of primary amides is 1. The first-order valence-corrected chi connectivity index (χ1v) is 16.4. The number of carbonyl (C=O) groups excluding carboxylic acids is 3. The van der Waals surface area contributed by atoms with Crippen LogP contribution in [-0.4, -0.2) is 29.6 Å². The second-order valence-corrected chi connectivity index (χ2v) is 12.7. The summed E-state index contributed by atoms with van der Waals surface area (Å²) in [5.41, 5.74) is 9.44. The maximum Gasteiger partial charge on any atom is 0.416 e. The molecule has 1 aliphatic heterocycles. The molecule has 3 atom stereocenters. The van der Waals surface area contributed by atoms with Gasteiger partial charge in [0, 0.05) is 11.1 Å². The first-order valence-electron chi connectivity index (χ1n) is 16.4. The van der Waals surface area contributed by atoms with Crippen LogP contribution in [0, 0.1) is 17.8 Å². The number of rotatable bonds is 12. The van der Waals surface area contributed by atoms with Gasteiger partial charge in [0.1, 0.15) is 0 Å². The van der Waals surface area contributed by atoms with Gasteiger partial charge in [-0.3, -0.25) is 14.4 Å². The van der Waals surface area contributed by atoms with Crippen LogP contribution in [0.4, 0.5) is 18.9 Å². The number of halogens is 3. The molecular formula is C40H39F3N4O3. The number of nitrogens with one attached hydrogen (secondary N) is 1. The summed E-state index contributed by atoms with van der Waals surface area (Å²) in [5.74, 6) is -3.26. The molecule has 10 heteroatoms. The highest BCUT2D eigenvalue weighted by Crippen LogP contribution is 2.33. The molecule has 0 spiro atoms. The van der Waals surface area contributed by atoms with Gasteiger partial charge in [0.05, 0.1) is 35.3 Å². The molecule has 7 nitrogen and oxygen atoms in total. The van der Waals surface area contributed by atoms with Crippen LogP contribution in [0.5, 0.6) is 0 Å². The van der Waals surface area contributed by atoms with E-state index in [9.17, 15) is 27.6 Å². The van der Waals surface area contributed by atoms with Crippen molar-refractivity contribution in [2.24, 2.45) is 28.5 Å². The molecule has 0 radical (unpaired) electrons. The molecule has 0 saturated heterocycles. The summed E-state index contributed by atoms with van der Waals surface area (Å²) in [4.78, 5) is 47.5. The Labute approximate surface area is 289 Å². The number of allylic oxidation sites excluding steroid dienone is 1. The first kappa shape index (κ1) is 35.8. The van der Waals surface area contributed by atoms with Crippen molar-refractivity contribution in [2.75, 3.05) is 4.90 Å². The maximum atomic E-state index is 14.6. The van der Waals surface area contributed by atoms with Crippen molar-refractivity contribution in [1.29, 1.82) is 0 Å². The Kier molecular flexibility index (Phi) is 11.0. The molecule has 4 aromatic carbocycles. The number of carbonyl (C=O) groups is 3. The topological polar surface area (TPSA) is 105 Å². The molecule has 1 unspecified atom stereocenters. The Morgan fingerprint density at radius 1 is 0.900 bits per heavy atom. The molecule has 5 rings (SSSR count). The van der Waals surface area contributed by atoms with Crippen molar-refractivity contribution in [2.45, 2.75) is 45.6 Å². The van der Waals surface area contributed by atoms with E-state index < -0.39 is 47.5 Å². The van der Waals surface area contributed by atoms with Gasteiger partial charge in [-0.2, -0.15) is 13.2 Å². The first-order chi connectivity index (χ1) is 23.9. The summed E-state index contributed by atoms with van der Waals surface area (Å²) in [6, 6.07) is 28.8. The number of benzodiazepines with no additional fused rings is 1. The lowest BCUT2D eigenvalue weighted by Crippen LogP contribution is -2.50. The summed E-state index contributed by atoms with van der Waals surface area (Å²) in [6.07, 6.45) is -3.70. The lowest BCUT2D eigenvalue weighted by Gasteiger charge is -2.28. The summed E-state index contributed by atoms with van der Waals surface area (Å²) in [5, 5.41) is 2.86. The Hall–Kier alpha value is -5.51. The summed E-state index contributed by atoms with van der Waals surface area (Å²) >= 11 is 0. The molecule has 0 aliphatic carbocycles. The largest absolute Gasteiger partial charge is 0.416 e.